The van der Waals surface area contributed by atoms with Gasteiger partial charge in [-0.15, -0.1) is 0 Å². The average molecular weight is 415 g/mol. The van der Waals surface area contributed by atoms with E-state index in [-0.39, 0.29) is 6.04 Å². The van der Waals surface area contributed by atoms with Crippen LogP contribution in [0.15, 0.2) is 66.7 Å². The van der Waals surface area contributed by atoms with Crippen molar-refractivity contribution in [3.8, 4) is 28.6 Å². The molecular weight excluding hydrogens is 390 g/mol. The number of anilines is 1. The zero-order valence-electron chi connectivity index (χ0n) is 18.0. The molecule has 1 heterocycles. The van der Waals surface area contributed by atoms with Crippen LogP contribution in [0, 0.1) is 0 Å². The van der Waals surface area contributed by atoms with Crippen LogP contribution in [-0.2, 0) is 0 Å². The van der Waals surface area contributed by atoms with Gasteiger partial charge in [0.05, 0.1) is 26.8 Å². The summed E-state index contributed by atoms with van der Waals surface area (Å²) in [5, 5.41) is 4.51. The maximum Gasteiger partial charge on any atom is 0.203 e. The lowest BCUT2D eigenvalue weighted by Gasteiger charge is -2.18. The van der Waals surface area contributed by atoms with Crippen molar-refractivity contribution in [1.29, 1.82) is 0 Å². The molecule has 1 unspecified atom stereocenters. The van der Waals surface area contributed by atoms with Gasteiger partial charge in [-0.2, -0.15) is 0 Å². The SMILES string of the molecule is COc1cc(-c2nc(NC(C)c3ccccc3)c3ccccc3n2)cc(OC)c1OC. The molecule has 0 radical (unpaired) electrons. The number of nitrogens with zero attached hydrogens (tertiary/aromatic N) is 2. The first-order chi connectivity index (χ1) is 15.1. The second-order valence-corrected chi connectivity index (χ2v) is 7.10. The molecule has 0 spiro atoms. The van der Waals surface area contributed by atoms with E-state index in [2.05, 4.69) is 24.4 Å². The maximum absolute atomic E-state index is 5.50. The Bertz CT molecular complexity index is 1170. The first kappa shape index (κ1) is 20.5. The van der Waals surface area contributed by atoms with Gasteiger partial charge in [0.25, 0.3) is 0 Å². The van der Waals surface area contributed by atoms with Crippen LogP contribution in [0.4, 0.5) is 5.82 Å². The molecule has 158 valence electrons. The number of hydrogen-bond acceptors (Lipinski definition) is 6. The van der Waals surface area contributed by atoms with Gasteiger partial charge in [0.15, 0.2) is 17.3 Å². The molecule has 0 amide bonds. The Morgan fingerprint density at radius 1 is 0.774 bits per heavy atom. The third-order valence-electron chi connectivity index (χ3n) is 5.18. The zero-order valence-corrected chi connectivity index (χ0v) is 18.0. The first-order valence-electron chi connectivity index (χ1n) is 10.0. The molecule has 0 aliphatic heterocycles. The van der Waals surface area contributed by atoms with E-state index in [0.717, 1.165) is 22.3 Å². The van der Waals surface area contributed by atoms with Crippen LogP contribution < -0.4 is 19.5 Å². The molecule has 0 bridgehead atoms. The Morgan fingerprint density at radius 3 is 2.06 bits per heavy atom. The molecule has 31 heavy (non-hydrogen) atoms. The molecule has 6 heteroatoms. The minimum absolute atomic E-state index is 0.0762. The molecule has 1 aromatic heterocycles. The quantitative estimate of drug-likeness (QED) is 0.430. The van der Waals surface area contributed by atoms with Gasteiger partial charge in [-0.3, -0.25) is 0 Å². The Labute approximate surface area is 181 Å². The first-order valence-corrected chi connectivity index (χ1v) is 10.0. The lowest BCUT2D eigenvalue weighted by atomic mass is 10.1. The van der Waals surface area contributed by atoms with Crippen LogP contribution in [0.3, 0.4) is 0 Å². The third kappa shape index (κ3) is 4.10. The molecule has 3 aromatic carbocycles. The van der Waals surface area contributed by atoms with E-state index >= 15 is 0 Å². The van der Waals surface area contributed by atoms with Crippen LogP contribution in [0.2, 0.25) is 0 Å². The molecule has 4 rings (SSSR count). The Kier molecular flexibility index (Phi) is 5.89. The summed E-state index contributed by atoms with van der Waals surface area (Å²) in [6.45, 7) is 2.12. The summed E-state index contributed by atoms with van der Waals surface area (Å²) in [5.74, 6) is 2.98. The van der Waals surface area contributed by atoms with E-state index < -0.39 is 0 Å². The highest BCUT2D eigenvalue weighted by molar-refractivity contribution is 5.91. The Morgan fingerprint density at radius 2 is 1.42 bits per heavy atom. The van der Waals surface area contributed by atoms with Crippen LogP contribution in [-0.4, -0.2) is 31.3 Å². The van der Waals surface area contributed by atoms with Crippen molar-refractivity contribution in [3.05, 3.63) is 72.3 Å². The summed E-state index contributed by atoms with van der Waals surface area (Å²) in [5.41, 5.74) is 2.80. The fourth-order valence-corrected chi connectivity index (χ4v) is 3.56. The second-order valence-electron chi connectivity index (χ2n) is 7.10. The fraction of sp³-hybridized carbons (Fsp3) is 0.200. The number of benzene rings is 3. The highest BCUT2D eigenvalue weighted by atomic mass is 16.5. The normalized spacial score (nSPS) is 11.7. The van der Waals surface area contributed by atoms with Crippen LogP contribution in [0.25, 0.3) is 22.3 Å². The molecule has 0 aliphatic carbocycles. The second kappa shape index (κ2) is 8.92. The minimum atomic E-state index is 0.0762. The van der Waals surface area contributed by atoms with Crippen molar-refractivity contribution >= 4 is 16.7 Å². The third-order valence-corrected chi connectivity index (χ3v) is 5.18. The Hall–Kier alpha value is -3.80. The van der Waals surface area contributed by atoms with Gasteiger partial charge in [-0.05, 0) is 36.8 Å². The molecular formula is C25H25N3O3. The highest BCUT2D eigenvalue weighted by Crippen LogP contribution is 2.41. The van der Waals surface area contributed by atoms with E-state index in [1.165, 1.54) is 5.56 Å². The smallest absolute Gasteiger partial charge is 0.203 e. The monoisotopic (exact) mass is 415 g/mol. The molecule has 1 N–H and O–H groups in total. The predicted molar refractivity (Wildman–Crippen MR) is 123 cm³/mol. The number of rotatable bonds is 7. The van der Waals surface area contributed by atoms with Gasteiger partial charge in [0.2, 0.25) is 5.75 Å². The van der Waals surface area contributed by atoms with Crippen molar-refractivity contribution in [1.82, 2.24) is 9.97 Å². The molecule has 1 atom stereocenters. The summed E-state index contributed by atoms with van der Waals surface area (Å²) in [4.78, 5) is 9.66. The number of nitrogens with one attached hydrogen (secondary N) is 1. The standard InChI is InChI=1S/C25H25N3O3/c1-16(17-10-6-5-7-11-17)26-25-19-12-8-9-13-20(19)27-24(28-25)18-14-21(29-2)23(31-4)22(15-18)30-3/h5-16H,1-4H3,(H,26,27,28). The van der Waals surface area contributed by atoms with Crippen molar-refractivity contribution < 1.29 is 14.2 Å². The molecule has 0 fully saturated rings. The van der Waals surface area contributed by atoms with E-state index in [1.54, 1.807) is 21.3 Å². The number of para-hydroxylation sites is 1. The summed E-state index contributed by atoms with van der Waals surface area (Å²) in [7, 11) is 4.77. The van der Waals surface area contributed by atoms with Gasteiger partial charge < -0.3 is 19.5 Å². The van der Waals surface area contributed by atoms with Crippen molar-refractivity contribution in [2.75, 3.05) is 26.6 Å². The van der Waals surface area contributed by atoms with Crippen molar-refractivity contribution in [2.24, 2.45) is 0 Å². The summed E-state index contributed by atoms with van der Waals surface area (Å²) in [6, 6.07) is 22.0. The summed E-state index contributed by atoms with van der Waals surface area (Å²) in [6.07, 6.45) is 0. The predicted octanol–water partition coefficient (Wildman–Crippen LogP) is 5.50. The zero-order chi connectivity index (χ0) is 21.8. The summed E-state index contributed by atoms with van der Waals surface area (Å²) >= 11 is 0. The van der Waals surface area contributed by atoms with Crippen LogP contribution >= 0.6 is 0 Å². The number of aromatic nitrogens is 2. The molecule has 0 saturated carbocycles. The molecule has 6 nitrogen and oxygen atoms in total. The van der Waals surface area contributed by atoms with Gasteiger partial charge in [0.1, 0.15) is 5.82 Å². The molecule has 0 saturated heterocycles. The molecule has 0 aliphatic rings. The van der Waals surface area contributed by atoms with Gasteiger partial charge in [-0.1, -0.05) is 42.5 Å². The summed E-state index contributed by atoms with van der Waals surface area (Å²) < 4.78 is 16.5. The van der Waals surface area contributed by atoms with Gasteiger partial charge in [-0.25, -0.2) is 9.97 Å². The van der Waals surface area contributed by atoms with E-state index in [4.69, 9.17) is 24.2 Å². The fourth-order valence-electron chi connectivity index (χ4n) is 3.56. The van der Waals surface area contributed by atoms with Crippen molar-refractivity contribution in [2.45, 2.75) is 13.0 Å². The Balaban J connectivity index is 1.83. The van der Waals surface area contributed by atoms with Crippen LogP contribution in [0.1, 0.15) is 18.5 Å². The lowest BCUT2D eigenvalue weighted by Crippen LogP contribution is -2.09. The number of methoxy groups -OCH3 is 3. The number of ether oxygens (including phenoxy) is 3. The van der Waals surface area contributed by atoms with E-state index in [9.17, 15) is 0 Å². The highest BCUT2D eigenvalue weighted by Gasteiger charge is 2.18. The topological polar surface area (TPSA) is 65.5 Å². The number of hydrogen-bond donors (Lipinski definition) is 1. The van der Waals surface area contributed by atoms with E-state index in [0.29, 0.717) is 23.1 Å². The maximum atomic E-state index is 5.50. The van der Waals surface area contributed by atoms with Gasteiger partial charge in [0, 0.05) is 17.0 Å². The van der Waals surface area contributed by atoms with Crippen LogP contribution in [0.5, 0.6) is 17.2 Å². The molecule has 4 aromatic rings. The van der Waals surface area contributed by atoms with E-state index in [1.807, 2.05) is 54.6 Å². The van der Waals surface area contributed by atoms with Gasteiger partial charge >= 0.3 is 0 Å². The number of fused-ring (bicyclic) bond motifs is 1. The average Bonchev–Trinajstić information content (AvgIpc) is 2.83. The minimum Gasteiger partial charge on any atom is -0.493 e. The van der Waals surface area contributed by atoms with Crippen molar-refractivity contribution in [3.63, 3.8) is 0 Å². The lowest BCUT2D eigenvalue weighted by molar-refractivity contribution is 0.324. The largest absolute Gasteiger partial charge is 0.493 e.